The third kappa shape index (κ3) is 6.28. The Hall–Kier alpha value is -7.21. The van der Waals surface area contributed by atoms with Crippen molar-refractivity contribution in [2.45, 2.75) is 62.2 Å². The van der Waals surface area contributed by atoms with Crippen molar-refractivity contribution in [2.24, 2.45) is 0 Å². The second-order valence-electron chi connectivity index (χ2n) is 19.5. The van der Waals surface area contributed by atoms with Crippen molar-refractivity contribution in [2.75, 3.05) is 4.90 Å². The summed E-state index contributed by atoms with van der Waals surface area (Å²) >= 11 is 1.94. The van der Waals surface area contributed by atoms with Gasteiger partial charge < -0.3 is 13.9 Å². The topological polar surface area (TPSA) is 21.3 Å². The third-order valence-electron chi connectivity index (χ3n) is 14.4. The monoisotopic (exact) mass is 880 g/mol. The molecule has 13 rings (SSSR count). The average molecular weight is 881 g/mol. The molecule has 0 fully saturated rings. The van der Waals surface area contributed by atoms with Gasteiger partial charge in [-0.1, -0.05) is 185 Å². The van der Waals surface area contributed by atoms with Gasteiger partial charge in [0.2, 0.25) is 6.71 Å². The lowest BCUT2D eigenvalue weighted by atomic mass is 9.34. The highest BCUT2D eigenvalue weighted by molar-refractivity contribution is 8.00. The molecule has 11 aromatic rings. The van der Waals surface area contributed by atoms with Gasteiger partial charge in [-0.15, -0.1) is 0 Å². The minimum Gasteiger partial charge on any atom is -0.456 e. The number of fused-ring (bicyclic) bond motifs is 10. The van der Waals surface area contributed by atoms with E-state index in [1.54, 1.807) is 0 Å². The molecular weight excluding hydrogens is 832 g/mol. The number of aryl methyl sites for hydroxylation is 1. The number of para-hydroxylation sites is 3. The van der Waals surface area contributed by atoms with E-state index >= 15 is 0 Å². The molecule has 0 spiro atoms. The van der Waals surface area contributed by atoms with E-state index in [-0.39, 0.29) is 12.1 Å². The maximum Gasteiger partial charge on any atom is 0.249 e. The second kappa shape index (κ2) is 15.4. The van der Waals surface area contributed by atoms with Crippen LogP contribution in [0.3, 0.4) is 0 Å². The molecule has 67 heavy (non-hydrogen) atoms. The van der Waals surface area contributed by atoms with E-state index < -0.39 is 0 Å². The van der Waals surface area contributed by atoms with Crippen molar-refractivity contribution in [1.29, 1.82) is 0 Å². The molecule has 322 valence electrons. The number of rotatable bonds is 7. The first kappa shape index (κ1) is 40.1. The van der Waals surface area contributed by atoms with Crippen molar-refractivity contribution >= 4 is 95.7 Å². The van der Waals surface area contributed by atoms with E-state index in [1.165, 1.54) is 110 Å². The highest BCUT2D eigenvalue weighted by atomic mass is 32.2. The van der Waals surface area contributed by atoms with Crippen molar-refractivity contribution in [1.82, 2.24) is 4.57 Å². The Morgan fingerprint density at radius 3 is 1.94 bits per heavy atom. The molecular formula is C62H49BN2OS. The Labute approximate surface area is 396 Å². The van der Waals surface area contributed by atoms with Crippen LogP contribution in [0.25, 0.3) is 71.7 Å². The SMILES string of the molecule is CCCCc1c(N2c3ccc(-c4ccccc4)cc3B3c4ccc(-n5c6ccccc6c6ccccc65)cc4Sc4cc(C(C)(C)C)cc2c43)c(-c2ccccc2)cc2c1oc1ccccc12. The normalized spacial score (nSPS) is 13.1. The van der Waals surface area contributed by atoms with Gasteiger partial charge in [-0.25, -0.2) is 0 Å². The van der Waals surface area contributed by atoms with Crippen LogP contribution >= 0.6 is 11.8 Å². The van der Waals surface area contributed by atoms with Gasteiger partial charge in [-0.3, -0.25) is 0 Å². The summed E-state index contributed by atoms with van der Waals surface area (Å²) in [6.45, 7) is 9.38. The van der Waals surface area contributed by atoms with E-state index in [0.717, 1.165) is 35.8 Å². The van der Waals surface area contributed by atoms with Crippen LogP contribution in [0.5, 0.6) is 0 Å². The van der Waals surface area contributed by atoms with Gasteiger partial charge in [0.15, 0.2) is 0 Å². The molecule has 0 unspecified atom stereocenters. The number of anilines is 3. The zero-order chi connectivity index (χ0) is 45.0. The minimum absolute atomic E-state index is 0.00609. The maximum atomic E-state index is 7.02. The molecule has 2 aromatic heterocycles. The molecule has 5 heteroatoms. The Kier molecular flexibility index (Phi) is 9.24. The van der Waals surface area contributed by atoms with E-state index in [4.69, 9.17) is 4.42 Å². The molecule has 9 aromatic carbocycles. The predicted molar refractivity (Wildman–Crippen MR) is 286 cm³/mol. The lowest BCUT2D eigenvalue weighted by molar-refractivity contribution is 0.589. The molecule has 0 saturated carbocycles. The zero-order valence-corrected chi connectivity index (χ0v) is 39.1. The summed E-state index contributed by atoms with van der Waals surface area (Å²) in [6, 6.07) is 70.2. The van der Waals surface area contributed by atoms with Crippen LogP contribution in [-0.4, -0.2) is 11.3 Å². The fourth-order valence-corrected chi connectivity index (χ4v) is 12.4. The van der Waals surface area contributed by atoms with Gasteiger partial charge in [0, 0.05) is 59.5 Å². The average Bonchev–Trinajstić information content (AvgIpc) is 3.91. The van der Waals surface area contributed by atoms with Crippen molar-refractivity contribution in [3.8, 4) is 27.9 Å². The number of aromatic nitrogens is 1. The van der Waals surface area contributed by atoms with Gasteiger partial charge in [-0.2, -0.15) is 0 Å². The van der Waals surface area contributed by atoms with E-state index in [0.29, 0.717) is 0 Å². The molecule has 2 aliphatic heterocycles. The molecule has 0 bridgehead atoms. The van der Waals surface area contributed by atoms with Crippen LogP contribution in [0.4, 0.5) is 17.1 Å². The largest absolute Gasteiger partial charge is 0.456 e. The van der Waals surface area contributed by atoms with Gasteiger partial charge in [0.25, 0.3) is 0 Å². The number of benzene rings is 9. The number of furan rings is 1. The summed E-state index contributed by atoms with van der Waals surface area (Å²) in [7, 11) is 0. The van der Waals surface area contributed by atoms with Crippen molar-refractivity contribution in [3.05, 3.63) is 199 Å². The van der Waals surface area contributed by atoms with Crippen LogP contribution < -0.4 is 21.3 Å². The van der Waals surface area contributed by atoms with E-state index in [1.807, 2.05) is 11.8 Å². The zero-order valence-electron chi connectivity index (χ0n) is 38.3. The Bertz CT molecular complexity index is 3710. The molecule has 0 radical (unpaired) electrons. The third-order valence-corrected chi connectivity index (χ3v) is 15.5. The summed E-state index contributed by atoms with van der Waals surface area (Å²) in [5, 5.41) is 4.88. The van der Waals surface area contributed by atoms with Crippen LogP contribution in [0, 0.1) is 0 Å². The molecule has 3 nitrogen and oxygen atoms in total. The summed E-state index contributed by atoms with van der Waals surface area (Å²) in [4.78, 5) is 5.28. The van der Waals surface area contributed by atoms with Gasteiger partial charge >= 0.3 is 0 Å². The Morgan fingerprint density at radius 1 is 0.552 bits per heavy atom. The highest BCUT2D eigenvalue weighted by Gasteiger charge is 2.43. The molecule has 0 N–H and O–H groups in total. The molecule has 0 amide bonds. The molecule has 0 atom stereocenters. The Morgan fingerprint density at radius 2 is 1.22 bits per heavy atom. The fraction of sp³-hybridized carbons (Fsp3) is 0.129. The lowest BCUT2D eigenvalue weighted by Crippen LogP contribution is -2.60. The highest BCUT2D eigenvalue weighted by Crippen LogP contribution is 2.51. The lowest BCUT2D eigenvalue weighted by Gasteiger charge is -2.42. The quantitative estimate of drug-likeness (QED) is 0.149. The number of unbranched alkanes of at least 4 members (excludes halogenated alkanes) is 1. The maximum absolute atomic E-state index is 7.02. The molecule has 0 aliphatic carbocycles. The molecule has 4 heterocycles. The Balaban J connectivity index is 1.13. The van der Waals surface area contributed by atoms with Gasteiger partial charge in [0.1, 0.15) is 11.2 Å². The predicted octanol–water partition coefficient (Wildman–Crippen LogP) is 15.4. The minimum atomic E-state index is -0.105. The summed E-state index contributed by atoms with van der Waals surface area (Å²) in [5.74, 6) is 0. The van der Waals surface area contributed by atoms with Crippen molar-refractivity contribution < 1.29 is 4.42 Å². The van der Waals surface area contributed by atoms with Gasteiger partial charge in [0.05, 0.1) is 16.7 Å². The summed E-state index contributed by atoms with van der Waals surface area (Å²) in [5.41, 5.74) is 20.6. The van der Waals surface area contributed by atoms with Crippen LogP contribution in [-0.2, 0) is 11.8 Å². The van der Waals surface area contributed by atoms with Crippen LogP contribution in [0.1, 0.15) is 51.7 Å². The van der Waals surface area contributed by atoms with E-state index in [9.17, 15) is 0 Å². The number of hydrogen-bond donors (Lipinski definition) is 0. The van der Waals surface area contributed by atoms with Gasteiger partial charge in [-0.05, 0) is 106 Å². The van der Waals surface area contributed by atoms with E-state index in [2.05, 4.69) is 225 Å². The second-order valence-corrected chi connectivity index (χ2v) is 20.5. The van der Waals surface area contributed by atoms with Crippen molar-refractivity contribution in [3.63, 3.8) is 0 Å². The number of hydrogen-bond acceptors (Lipinski definition) is 3. The number of nitrogens with zero attached hydrogens (tertiary/aromatic N) is 2. The molecule has 0 saturated heterocycles. The first-order chi connectivity index (χ1) is 32.8. The smallest absolute Gasteiger partial charge is 0.249 e. The summed E-state index contributed by atoms with van der Waals surface area (Å²) in [6.07, 6.45) is 3.02. The first-order valence-electron chi connectivity index (χ1n) is 23.8. The molecule has 2 aliphatic rings. The van der Waals surface area contributed by atoms with Crippen LogP contribution in [0.15, 0.2) is 202 Å². The summed E-state index contributed by atoms with van der Waals surface area (Å²) < 4.78 is 9.48. The standard InChI is InChI=1S/C62H49BN2OS/c1-5-6-23-47-60(48(40-21-11-8-12-22-40)38-49-46-26-15-18-29-56(46)66-61(47)49)65-54-33-30-41(39-19-9-7-10-20-39)34-51(54)63-50-32-31-43(64-52-27-16-13-24-44(52)45-25-14-17-28-53(45)64)37-57(50)67-58-36-42(62(2,3)4)35-55(65)59(58)63/h7-22,24-38H,5-6,23H2,1-4H3. The first-order valence-corrected chi connectivity index (χ1v) is 24.7. The van der Waals surface area contributed by atoms with Crippen LogP contribution in [0.2, 0.25) is 0 Å². The fourth-order valence-electron chi connectivity index (χ4n) is 11.2.